The second-order valence-electron chi connectivity index (χ2n) is 5.64. The molecule has 0 unspecified atom stereocenters. The average Bonchev–Trinajstić information content (AvgIpc) is 2.93. The lowest BCUT2D eigenvalue weighted by Crippen LogP contribution is -2.15. The monoisotopic (exact) mass is 340 g/mol. The third kappa shape index (κ3) is 3.03. The van der Waals surface area contributed by atoms with E-state index in [9.17, 15) is 4.79 Å². The molecule has 3 rings (SSSR count). The van der Waals surface area contributed by atoms with Crippen LogP contribution in [0.4, 0.5) is 5.69 Å². The van der Waals surface area contributed by atoms with Crippen molar-refractivity contribution in [3.8, 4) is 5.69 Å². The first-order valence-electron chi connectivity index (χ1n) is 7.53. The zero-order valence-corrected chi connectivity index (χ0v) is 14.4. The molecule has 1 aromatic heterocycles. The first-order chi connectivity index (χ1) is 11.5. The molecule has 0 saturated carbocycles. The van der Waals surface area contributed by atoms with Gasteiger partial charge in [-0.1, -0.05) is 41.1 Å². The summed E-state index contributed by atoms with van der Waals surface area (Å²) in [6.07, 6.45) is 0. The first-order valence-corrected chi connectivity index (χ1v) is 7.91. The van der Waals surface area contributed by atoms with E-state index in [1.807, 2.05) is 63.2 Å². The van der Waals surface area contributed by atoms with Crippen LogP contribution in [0.5, 0.6) is 0 Å². The van der Waals surface area contributed by atoms with Crippen molar-refractivity contribution in [2.45, 2.75) is 20.8 Å². The van der Waals surface area contributed by atoms with Gasteiger partial charge in [0, 0.05) is 10.7 Å². The third-order valence-corrected chi connectivity index (χ3v) is 4.14. The number of para-hydroxylation sites is 1. The zero-order valence-electron chi connectivity index (χ0n) is 13.7. The van der Waals surface area contributed by atoms with Crippen molar-refractivity contribution in [1.29, 1.82) is 0 Å². The zero-order chi connectivity index (χ0) is 17.3. The fourth-order valence-electron chi connectivity index (χ4n) is 2.47. The highest BCUT2D eigenvalue weighted by Gasteiger charge is 2.19. The number of aromatic nitrogens is 3. The van der Waals surface area contributed by atoms with Crippen molar-refractivity contribution in [2.24, 2.45) is 0 Å². The van der Waals surface area contributed by atoms with E-state index in [0.29, 0.717) is 10.7 Å². The Labute approximate surface area is 145 Å². The van der Waals surface area contributed by atoms with E-state index in [2.05, 4.69) is 15.6 Å². The van der Waals surface area contributed by atoms with Crippen molar-refractivity contribution >= 4 is 23.2 Å². The van der Waals surface area contributed by atoms with E-state index in [1.54, 1.807) is 4.68 Å². The normalized spacial score (nSPS) is 10.7. The van der Waals surface area contributed by atoms with Gasteiger partial charge in [-0.2, -0.15) is 0 Å². The fraction of sp³-hybridized carbons (Fsp3) is 0.167. The maximum Gasteiger partial charge on any atom is 0.278 e. The van der Waals surface area contributed by atoms with E-state index in [0.717, 1.165) is 22.5 Å². The van der Waals surface area contributed by atoms with Crippen molar-refractivity contribution < 1.29 is 4.79 Å². The number of carbonyl (C=O) groups excluding carboxylic acids is 1. The third-order valence-electron chi connectivity index (χ3n) is 3.90. The lowest BCUT2D eigenvalue weighted by molar-refractivity contribution is 0.102. The van der Waals surface area contributed by atoms with Crippen LogP contribution in [-0.2, 0) is 0 Å². The molecule has 1 N–H and O–H groups in total. The van der Waals surface area contributed by atoms with Crippen molar-refractivity contribution in [3.05, 3.63) is 70.0 Å². The second-order valence-corrected chi connectivity index (χ2v) is 6.07. The van der Waals surface area contributed by atoms with Gasteiger partial charge < -0.3 is 5.32 Å². The molecule has 2 aromatic carbocycles. The Morgan fingerprint density at radius 2 is 1.83 bits per heavy atom. The maximum atomic E-state index is 12.5. The number of rotatable bonds is 3. The van der Waals surface area contributed by atoms with Gasteiger partial charge in [-0.15, -0.1) is 5.10 Å². The minimum Gasteiger partial charge on any atom is -0.320 e. The molecule has 0 saturated heterocycles. The van der Waals surface area contributed by atoms with Crippen molar-refractivity contribution in [3.63, 3.8) is 0 Å². The van der Waals surface area contributed by atoms with E-state index < -0.39 is 0 Å². The molecule has 0 fully saturated rings. The summed E-state index contributed by atoms with van der Waals surface area (Å²) in [5, 5.41) is 11.7. The predicted octanol–water partition coefficient (Wildman–Crippen LogP) is 4.10. The molecule has 24 heavy (non-hydrogen) atoms. The quantitative estimate of drug-likeness (QED) is 0.781. The Bertz CT molecular complexity index is 917. The Hall–Kier alpha value is -2.66. The molecule has 0 aliphatic rings. The molecule has 0 radical (unpaired) electrons. The Morgan fingerprint density at radius 1 is 1.08 bits per heavy atom. The summed E-state index contributed by atoms with van der Waals surface area (Å²) in [5.41, 5.74) is 4.50. The molecule has 0 spiro atoms. The number of hydrogen-bond acceptors (Lipinski definition) is 3. The van der Waals surface area contributed by atoms with Gasteiger partial charge >= 0.3 is 0 Å². The number of halogens is 1. The number of nitrogens with one attached hydrogen (secondary N) is 1. The molecular formula is C18H17ClN4O. The van der Waals surface area contributed by atoms with Gasteiger partial charge in [-0.05, 0) is 50.1 Å². The molecule has 5 nitrogen and oxygen atoms in total. The SMILES string of the molecule is Cc1ccccc1NC(=O)c1nnn(-c2cc(Cl)ccc2C)c1C. The van der Waals surface area contributed by atoms with E-state index in [4.69, 9.17) is 11.6 Å². The smallest absolute Gasteiger partial charge is 0.278 e. The van der Waals surface area contributed by atoms with Crippen LogP contribution in [0.15, 0.2) is 42.5 Å². The molecule has 0 aliphatic carbocycles. The maximum absolute atomic E-state index is 12.5. The Morgan fingerprint density at radius 3 is 2.58 bits per heavy atom. The van der Waals surface area contributed by atoms with Crippen LogP contribution in [0, 0.1) is 20.8 Å². The van der Waals surface area contributed by atoms with Crippen LogP contribution >= 0.6 is 11.6 Å². The largest absolute Gasteiger partial charge is 0.320 e. The topological polar surface area (TPSA) is 59.8 Å². The average molecular weight is 341 g/mol. The highest BCUT2D eigenvalue weighted by molar-refractivity contribution is 6.30. The lowest BCUT2D eigenvalue weighted by Gasteiger charge is -2.09. The minimum atomic E-state index is -0.285. The van der Waals surface area contributed by atoms with Gasteiger partial charge in [0.25, 0.3) is 5.91 Å². The number of amides is 1. The van der Waals surface area contributed by atoms with Crippen LogP contribution in [0.2, 0.25) is 5.02 Å². The van der Waals surface area contributed by atoms with E-state index in [-0.39, 0.29) is 11.6 Å². The molecule has 1 amide bonds. The molecule has 6 heteroatoms. The number of aryl methyl sites for hydroxylation is 2. The Kier molecular flexibility index (Phi) is 4.36. The predicted molar refractivity (Wildman–Crippen MR) is 95.0 cm³/mol. The van der Waals surface area contributed by atoms with Gasteiger partial charge in [0.15, 0.2) is 5.69 Å². The summed E-state index contributed by atoms with van der Waals surface area (Å²) in [4.78, 5) is 12.5. The van der Waals surface area contributed by atoms with Gasteiger partial charge in [-0.3, -0.25) is 4.79 Å². The molecular weight excluding hydrogens is 324 g/mol. The molecule has 3 aromatic rings. The molecule has 0 aliphatic heterocycles. The highest BCUT2D eigenvalue weighted by Crippen LogP contribution is 2.21. The van der Waals surface area contributed by atoms with E-state index in [1.165, 1.54) is 0 Å². The molecule has 0 bridgehead atoms. The summed E-state index contributed by atoms with van der Waals surface area (Å²) < 4.78 is 1.63. The highest BCUT2D eigenvalue weighted by atomic mass is 35.5. The van der Waals surface area contributed by atoms with Gasteiger partial charge in [-0.25, -0.2) is 4.68 Å². The molecule has 1 heterocycles. The second kappa shape index (κ2) is 6.45. The number of hydrogen-bond donors (Lipinski definition) is 1. The van der Waals surface area contributed by atoms with Crippen LogP contribution in [0.25, 0.3) is 5.69 Å². The number of nitrogens with zero attached hydrogens (tertiary/aromatic N) is 3. The minimum absolute atomic E-state index is 0.285. The van der Waals surface area contributed by atoms with Crippen LogP contribution in [0.3, 0.4) is 0 Å². The number of carbonyl (C=O) groups is 1. The lowest BCUT2D eigenvalue weighted by atomic mass is 10.2. The van der Waals surface area contributed by atoms with Crippen molar-refractivity contribution in [2.75, 3.05) is 5.32 Å². The molecule has 122 valence electrons. The fourth-order valence-corrected chi connectivity index (χ4v) is 2.64. The van der Waals surface area contributed by atoms with Gasteiger partial charge in [0.2, 0.25) is 0 Å². The van der Waals surface area contributed by atoms with Crippen LogP contribution < -0.4 is 5.32 Å². The number of anilines is 1. The standard InChI is InChI=1S/C18H17ClN4O/c1-11-6-4-5-7-15(11)20-18(24)17-13(3)23(22-21-17)16-10-14(19)9-8-12(16)2/h4-10H,1-3H3,(H,20,24). The van der Waals surface area contributed by atoms with E-state index >= 15 is 0 Å². The number of benzene rings is 2. The van der Waals surface area contributed by atoms with Gasteiger partial charge in [0.05, 0.1) is 11.4 Å². The summed E-state index contributed by atoms with van der Waals surface area (Å²) in [6, 6.07) is 13.1. The summed E-state index contributed by atoms with van der Waals surface area (Å²) in [6.45, 7) is 5.71. The van der Waals surface area contributed by atoms with Crippen molar-refractivity contribution in [1.82, 2.24) is 15.0 Å². The first kappa shape index (κ1) is 16.2. The summed E-state index contributed by atoms with van der Waals surface area (Å²) in [5.74, 6) is -0.285. The summed E-state index contributed by atoms with van der Waals surface area (Å²) >= 11 is 6.07. The summed E-state index contributed by atoms with van der Waals surface area (Å²) in [7, 11) is 0. The van der Waals surface area contributed by atoms with Crippen LogP contribution in [0.1, 0.15) is 27.3 Å². The Balaban J connectivity index is 1.94. The van der Waals surface area contributed by atoms with Crippen LogP contribution in [-0.4, -0.2) is 20.9 Å². The molecule has 0 atom stereocenters. The van der Waals surface area contributed by atoms with Gasteiger partial charge in [0.1, 0.15) is 0 Å².